The molecule has 1 aromatic carbocycles. The molecule has 0 spiro atoms. The van der Waals surface area contributed by atoms with Gasteiger partial charge in [0.2, 0.25) is 10.0 Å². The number of rotatable bonds is 7. The number of hydrogen-bond donors (Lipinski definition) is 1. The normalized spacial score (nSPS) is 19.7. The number of piperazine rings is 1. The summed E-state index contributed by atoms with van der Waals surface area (Å²) in [6, 6.07) is 9.94. The highest BCUT2D eigenvalue weighted by molar-refractivity contribution is 7.89. The van der Waals surface area contributed by atoms with Gasteiger partial charge in [-0.05, 0) is 37.1 Å². The van der Waals surface area contributed by atoms with Crippen molar-refractivity contribution in [1.29, 1.82) is 0 Å². The van der Waals surface area contributed by atoms with Gasteiger partial charge in [-0.15, -0.1) is 0 Å². The molecule has 1 N–H and O–H groups in total. The Morgan fingerprint density at radius 1 is 1.22 bits per heavy atom. The third kappa shape index (κ3) is 4.87. The summed E-state index contributed by atoms with van der Waals surface area (Å²) < 4.78 is 38.3. The van der Waals surface area contributed by atoms with Gasteiger partial charge in [0.25, 0.3) is 5.91 Å². The number of nitrogens with zero attached hydrogens (tertiary/aromatic N) is 3. The summed E-state index contributed by atoms with van der Waals surface area (Å²) in [5, 5.41) is 2.94. The summed E-state index contributed by atoms with van der Waals surface area (Å²) in [6.07, 6.45) is 3.67. The average Bonchev–Trinajstić information content (AvgIpc) is 3.36. The first kappa shape index (κ1) is 22.5. The molecule has 2 aromatic rings. The van der Waals surface area contributed by atoms with Gasteiger partial charge in [-0.2, -0.15) is 4.31 Å². The molecule has 2 aliphatic heterocycles. The van der Waals surface area contributed by atoms with Crippen molar-refractivity contribution in [2.75, 3.05) is 51.3 Å². The number of carbonyl (C=O) groups excluding carboxylic acids is 1. The molecule has 2 aliphatic rings. The molecule has 10 heteroatoms. The van der Waals surface area contributed by atoms with Crippen LogP contribution in [0.4, 0.5) is 5.82 Å². The number of sulfonamides is 1. The zero-order valence-electron chi connectivity index (χ0n) is 18.1. The minimum Gasteiger partial charge on any atom is -0.497 e. The van der Waals surface area contributed by atoms with E-state index in [1.807, 2.05) is 4.90 Å². The highest BCUT2D eigenvalue weighted by Crippen LogP contribution is 2.24. The molecule has 1 aromatic heterocycles. The number of hydrogen-bond acceptors (Lipinski definition) is 7. The minimum atomic E-state index is -3.63. The fraction of sp³-hybridized carbons (Fsp3) is 0.455. The number of pyridine rings is 1. The van der Waals surface area contributed by atoms with E-state index in [2.05, 4.69) is 10.3 Å². The van der Waals surface area contributed by atoms with Crippen LogP contribution < -0.4 is 15.0 Å². The van der Waals surface area contributed by atoms with Crippen molar-refractivity contribution >= 4 is 21.7 Å². The molecule has 9 nitrogen and oxygen atoms in total. The molecule has 2 saturated heterocycles. The van der Waals surface area contributed by atoms with Crippen molar-refractivity contribution in [3.8, 4) is 5.75 Å². The van der Waals surface area contributed by atoms with E-state index in [1.165, 1.54) is 17.5 Å². The van der Waals surface area contributed by atoms with Crippen molar-refractivity contribution in [2.24, 2.45) is 0 Å². The number of methoxy groups -OCH3 is 1. The first-order valence-electron chi connectivity index (χ1n) is 10.7. The molecule has 0 radical (unpaired) electrons. The smallest absolute Gasteiger partial charge is 0.255 e. The lowest BCUT2D eigenvalue weighted by Gasteiger charge is -2.35. The average molecular weight is 461 g/mol. The van der Waals surface area contributed by atoms with Gasteiger partial charge in [-0.25, -0.2) is 13.4 Å². The summed E-state index contributed by atoms with van der Waals surface area (Å²) in [5.74, 6) is 0.864. The molecule has 0 saturated carbocycles. The highest BCUT2D eigenvalue weighted by atomic mass is 32.2. The van der Waals surface area contributed by atoms with Crippen LogP contribution in [0, 0.1) is 0 Å². The number of amides is 1. The first-order valence-corrected chi connectivity index (χ1v) is 12.2. The Morgan fingerprint density at radius 3 is 2.75 bits per heavy atom. The zero-order valence-corrected chi connectivity index (χ0v) is 18.9. The van der Waals surface area contributed by atoms with Crippen LogP contribution in [0.1, 0.15) is 23.2 Å². The van der Waals surface area contributed by atoms with Gasteiger partial charge in [0.15, 0.2) is 0 Å². The van der Waals surface area contributed by atoms with Crippen molar-refractivity contribution in [2.45, 2.75) is 23.8 Å². The summed E-state index contributed by atoms with van der Waals surface area (Å²) >= 11 is 0. The van der Waals surface area contributed by atoms with E-state index in [0.717, 1.165) is 19.4 Å². The Hall–Kier alpha value is -2.69. The molecule has 172 valence electrons. The lowest BCUT2D eigenvalue weighted by Crippen LogP contribution is -2.49. The highest BCUT2D eigenvalue weighted by Gasteiger charge is 2.30. The summed E-state index contributed by atoms with van der Waals surface area (Å²) in [6.45, 7) is 2.68. The van der Waals surface area contributed by atoms with Crippen molar-refractivity contribution in [3.63, 3.8) is 0 Å². The lowest BCUT2D eigenvalue weighted by molar-refractivity contribution is 0.0858. The van der Waals surface area contributed by atoms with Crippen LogP contribution in [0.15, 0.2) is 47.5 Å². The van der Waals surface area contributed by atoms with Crippen LogP contribution in [0.25, 0.3) is 0 Å². The number of aromatic nitrogens is 1. The quantitative estimate of drug-likeness (QED) is 0.668. The fourth-order valence-corrected chi connectivity index (χ4v) is 5.44. The van der Waals surface area contributed by atoms with Crippen molar-refractivity contribution in [1.82, 2.24) is 14.6 Å². The molecule has 1 amide bonds. The van der Waals surface area contributed by atoms with E-state index >= 15 is 0 Å². The molecule has 0 aliphatic carbocycles. The van der Waals surface area contributed by atoms with Crippen LogP contribution in [0.5, 0.6) is 5.75 Å². The molecule has 32 heavy (non-hydrogen) atoms. The van der Waals surface area contributed by atoms with Crippen molar-refractivity contribution < 1.29 is 22.7 Å². The maximum Gasteiger partial charge on any atom is 0.255 e. The van der Waals surface area contributed by atoms with Crippen LogP contribution in [0.2, 0.25) is 0 Å². The largest absolute Gasteiger partial charge is 0.497 e. The SMILES string of the molecule is COc1cccc(S(=O)(=O)N2CCN(c3ncccc3C(=O)NC[C@@H]3CCCO3)CC2)c1. The Labute approximate surface area is 188 Å². The van der Waals surface area contributed by atoms with E-state index in [9.17, 15) is 13.2 Å². The van der Waals surface area contributed by atoms with E-state index < -0.39 is 10.0 Å². The monoisotopic (exact) mass is 460 g/mol. The second kappa shape index (κ2) is 9.85. The maximum absolute atomic E-state index is 13.0. The van der Waals surface area contributed by atoms with Gasteiger partial charge in [0.05, 0.1) is 23.7 Å². The third-order valence-electron chi connectivity index (χ3n) is 5.76. The van der Waals surface area contributed by atoms with Crippen LogP contribution in [0.3, 0.4) is 0 Å². The molecule has 0 unspecified atom stereocenters. The Morgan fingerprint density at radius 2 is 2.03 bits per heavy atom. The predicted octanol–water partition coefficient (Wildman–Crippen LogP) is 1.51. The molecule has 4 rings (SSSR count). The van der Waals surface area contributed by atoms with Gasteiger partial charge in [0, 0.05) is 51.6 Å². The van der Waals surface area contributed by atoms with E-state index in [-0.39, 0.29) is 16.9 Å². The molecular weight excluding hydrogens is 432 g/mol. The number of nitrogens with one attached hydrogen (secondary N) is 1. The first-order chi connectivity index (χ1) is 15.5. The molecule has 1 atom stereocenters. The second-order valence-electron chi connectivity index (χ2n) is 7.79. The predicted molar refractivity (Wildman–Crippen MR) is 120 cm³/mol. The van der Waals surface area contributed by atoms with E-state index in [1.54, 1.807) is 36.5 Å². The standard InChI is InChI=1S/C22H28N4O5S/c1-30-17-5-2-7-19(15-17)32(28,29)26-12-10-25(11-13-26)21-20(8-3-9-23-21)22(27)24-16-18-6-4-14-31-18/h2-3,5,7-9,15,18H,4,6,10-14,16H2,1H3,(H,24,27)/t18-/m0/s1. The number of carbonyl (C=O) groups is 1. The zero-order chi connectivity index (χ0) is 22.6. The third-order valence-corrected chi connectivity index (χ3v) is 7.66. The fourth-order valence-electron chi connectivity index (χ4n) is 3.98. The molecule has 0 bridgehead atoms. The topological polar surface area (TPSA) is 101 Å². The van der Waals surface area contributed by atoms with Gasteiger partial charge in [0.1, 0.15) is 11.6 Å². The van der Waals surface area contributed by atoms with Crippen molar-refractivity contribution in [3.05, 3.63) is 48.2 Å². The van der Waals surface area contributed by atoms with Crippen LogP contribution in [-0.2, 0) is 14.8 Å². The van der Waals surface area contributed by atoms with Crippen LogP contribution >= 0.6 is 0 Å². The Bertz CT molecular complexity index is 1050. The molecule has 3 heterocycles. The number of anilines is 1. The van der Waals surface area contributed by atoms with Gasteiger partial charge in [-0.1, -0.05) is 6.07 Å². The Kier molecular flexibility index (Phi) is 6.92. The summed E-state index contributed by atoms with van der Waals surface area (Å²) in [7, 11) is -2.13. The van der Waals surface area contributed by atoms with E-state index in [0.29, 0.717) is 49.9 Å². The Balaban J connectivity index is 1.42. The minimum absolute atomic E-state index is 0.0597. The number of ether oxygens (including phenoxy) is 2. The number of benzene rings is 1. The molecule has 2 fully saturated rings. The van der Waals surface area contributed by atoms with Gasteiger partial charge < -0.3 is 19.7 Å². The lowest BCUT2D eigenvalue weighted by atomic mass is 10.2. The summed E-state index contributed by atoms with van der Waals surface area (Å²) in [4.78, 5) is 19.4. The van der Waals surface area contributed by atoms with Gasteiger partial charge in [-0.3, -0.25) is 4.79 Å². The van der Waals surface area contributed by atoms with Crippen LogP contribution in [-0.4, -0.2) is 76.2 Å². The summed E-state index contributed by atoms with van der Waals surface area (Å²) in [5.41, 5.74) is 0.481. The van der Waals surface area contributed by atoms with E-state index in [4.69, 9.17) is 9.47 Å². The van der Waals surface area contributed by atoms with Gasteiger partial charge >= 0.3 is 0 Å². The second-order valence-corrected chi connectivity index (χ2v) is 9.73. The molecular formula is C22H28N4O5S. The maximum atomic E-state index is 13.0.